The number of aromatic amines is 1. The fraction of sp³-hybridized carbons (Fsp3) is 0.105. The molecule has 0 aliphatic rings. The molecule has 0 aliphatic heterocycles. The number of imidazole rings is 1. The second kappa shape index (κ2) is 7.97. The highest BCUT2D eigenvalue weighted by atomic mass is 79.9. The maximum atomic E-state index is 12.2. The summed E-state index contributed by atoms with van der Waals surface area (Å²) in [6.07, 6.45) is 2.46. The van der Waals surface area contributed by atoms with Crippen LogP contribution in [0.25, 0.3) is 11.4 Å². The predicted octanol–water partition coefficient (Wildman–Crippen LogP) is 4.02. The Morgan fingerprint density at radius 2 is 1.81 bits per heavy atom. The maximum Gasteiger partial charge on any atom is 0.338 e. The van der Waals surface area contributed by atoms with Gasteiger partial charge < -0.3 is 15.0 Å². The van der Waals surface area contributed by atoms with Crippen molar-refractivity contribution in [2.75, 3.05) is 5.32 Å². The van der Waals surface area contributed by atoms with Crippen molar-refractivity contribution in [1.29, 1.82) is 0 Å². The number of carbonyl (C=O) groups excluding carboxylic acids is 2. The first kappa shape index (κ1) is 17.9. The lowest BCUT2D eigenvalue weighted by atomic mass is 10.1. The second-order valence-corrected chi connectivity index (χ2v) is 6.47. The molecule has 2 N–H and O–H groups in total. The van der Waals surface area contributed by atoms with Crippen LogP contribution >= 0.6 is 15.9 Å². The lowest BCUT2D eigenvalue weighted by Crippen LogP contribution is -2.29. The molecular weight excluding hydrogens is 398 g/mol. The fourth-order valence-corrected chi connectivity index (χ4v) is 2.51. The van der Waals surface area contributed by atoms with Crippen molar-refractivity contribution in [3.63, 3.8) is 0 Å². The zero-order chi connectivity index (χ0) is 18.5. The van der Waals surface area contributed by atoms with Crippen molar-refractivity contribution in [1.82, 2.24) is 9.97 Å². The third kappa shape index (κ3) is 4.37. The van der Waals surface area contributed by atoms with E-state index in [1.807, 2.05) is 12.1 Å². The van der Waals surface area contributed by atoms with Crippen molar-refractivity contribution in [3.05, 3.63) is 71.0 Å². The van der Waals surface area contributed by atoms with Crippen LogP contribution in [-0.2, 0) is 9.53 Å². The molecule has 132 valence electrons. The van der Waals surface area contributed by atoms with Gasteiger partial charge in [0.25, 0.3) is 5.91 Å². The van der Waals surface area contributed by atoms with Gasteiger partial charge in [0.2, 0.25) is 0 Å². The van der Waals surface area contributed by atoms with Crippen LogP contribution < -0.4 is 5.32 Å². The first-order chi connectivity index (χ1) is 12.5. The number of nitrogens with zero attached hydrogens (tertiary/aromatic N) is 1. The lowest BCUT2D eigenvalue weighted by Gasteiger charge is -2.13. The van der Waals surface area contributed by atoms with Gasteiger partial charge in [0.15, 0.2) is 6.10 Å². The van der Waals surface area contributed by atoms with E-state index in [1.54, 1.807) is 48.8 Å². The first-order valence-corrected chi connectivity index (χ1v) is 8.69. The summed E-state index contributed by atoms with van der Waals surface area (Å²) >= 11 is 3.33. The number of H-pyrrole nitrogens is 1. The van der Waals surface area contributed by atoms with E-state index in [1.165, 1.54) is 6.92 Å². The van der Waals surface area contributed by atoms with E-state index < -0.39 is 18.0 Å². The molecule has 1 unspecified atom stereocenters. The van der Waals surface area contributed by atoms with Crippen LogP contribution in [0.3, 0.4) is 0 Å². The molecule has 0 aliphatic carbocycles. The average molecular weight is 414 g/mol. The van der Waals surface area contributed by atoms with E-state index in [2.05, 4.69) is 31.2 Å². The molecule has 0 radical (unpaired) electrons. The maximum absolute atomic E-state index is 12.2. The SMILES string of the molecule is CC(OC(=O)c1ccc(-c2ncc[nH]2)cc1)C(=O)Nc1ccc(Br)cc1. The van der Waals surface area contributed by atoms with Crippen molar-refractivity contribution in [2.24, 2.45) is 0 Å². The Morgan fingerprint density at radius 3 is 2.42 bits per heavy atom. The van der Waals surface area contributed by atoms with E-state index in [-0.39, 0.29) is 0 Å². The molecule has 0 fully saturated rings. The number of ether oxygens (including phenoxy) is 1. The number of amides is 1. The number of nitrogens with one attached hydrogen (secondary N) is 2. The summed E-state index contributed by atoms with van der Waals surface area (Å²) in [4.78, 5) is 31.5. The minimum atomic E-state index is -0.920. The minimum Gasteiger partial charge on any atom is -0.449 e. The summed E-state index contributed by atoms with van der Waals surface area (Å²) < 4.78 is 6.15. The van der Waals surface area contributed by atoms with Crippen LogP contribution in [0.1, 0.15) is 17.3 Å². The van der Waals surface area contributed by atoms with Gasteiger partial charge in [-0.1, -0.05) is 28.1 Å². The van der Waals surface area contributed by atoms with Gasteiger partial charge in [0.1, 0.15) is 5.82 Å². The van der Waals surface area contributed by atoms with Crippen LogP contribution in [0.15, 0.2) is 65.4 Å². The van der Waals surface area contributed by atoms with E-state index in [9.17, 15) is 9.59 Å². The highest BCUT2D eigenvalue weighted by Gasteiger charge is 2.19. The van der Waals surface area contributed by atoms with Crippen molar-refractivity contribution >= 4 is 33.5 Å². The lowest BCUT2D eigenvalue weighted by molar-refractivity contribution is -0.123. The second-order valence-electron chi connectivity index (χ2n) is 5.56. The highest BCUT2D eigenvalue weighted by Crippen LogP contribution is 2.17. The minimum absolute atomic E-state index is 0.364. The molecule has 0 spiro atoms. The number of anilines is 1. The molecular formula is C19H16BrN3O3. The topological polar surface area (TPSA) is 84.1 Å². The molecule has 0 saturated carbocycles. The summed E-state index contributed by atoms with van der Waals surface area (Å²) in [6.45, 7) is 1.53. The standard InChI is InChI=1S/C19H16BrN3O3/c1-12(18(24)23-16-8-6-15(20)7-9-16)26-19(25)14-4-2-13(3-5-14)17-21-10-11-22-17/h2-12H,1H3,(H,21,22)(H,23,24). The molecule has 6 nitrogen and oxygen atoms in total. The normalized spacial score (nSPS) is 11.6. The number of halogens is 1. The van der Waals surface area contributed by atoms with Crippen molar-refractivity contribution in [2.45, 2.75) is 13.0 Å². The number of benzene rings is 2. The number of rotatable bonds is 5. The number of hydrogen-bond donors (Lipinski definition) is 2. The highest BCUT2D eigenvalue weighted by molar-refractivity contribution is 9.10. The molecule has 0 saturated heterocycles. The molecule has 1 atom stereocenters. The Labute approximate surface area is 158 Å². The summed E-state index contributed by atoms with van der Waals surface area (Å²) in [5.74, 6) is -0.241. The average Bonchev–Trinajstić information content (AvgIpc) is 3.18. The van der Waals surface area contributed by atoms with E-state index in [0.29, 0.717) is 17.1 Å². The summed E-state index contributed by atoms with van der Waals surface area (Å²) in [6, 6.07) is 13.9. The summed E-state index contributed by atoms with van der Waals surface area (Å²) in [7, 11) is 0. The van der Waals surface area contributed by atoms with Crippen LogP contribution in [0, 0.1) is 0 Å². The number of hydrogen-bond acceptors (Lipinski definition) is 4. The van der Waals surface area contributed by atoms with Gasteiger partial charge in [-0.3, -0.25) is 4.79 Å². The quantitative estimate of drug-likeness (QED) is 0.618. The Hall–Kier alpha value is -2.93. The van der Waals surface area contributed by atoms with Gasteiger partial charge >= 0.3 is 5.97 Å². The fourth-order valence-electron chi connectivity index (χ4n) is 2.25. The Kier molecular flexibility index (Phi) is 5.48. The Morgan fingerprint density at radius 1 is 1.12 bits per heavy atom. The van der Waals surface area contributed by atoms with E-state index >= 15 is 0 Å². The molecule has 1 heterocycles. The monoisotopic (exact) mass is 413 g/mol. The first-order valence-electron chi connectivity index (χ1n) is 7.90. The number of esters is 1. The summed E-state index contributed by atoms with van der Waals surface area (Å²) in [5, 5.41) is 2.70. The predicted molar refractivity (Wildman–Crippen MR) is 102 cm³/mol. The van der Waals surface area contributed by atoms with Gasteiger partial charge in [-0.25, -0.2) is 9.78 Å². The summed E-state index contributed by atoms with van der Waals surface area (Å²) in [5.41, 5.74) is 1.85. The van der Waals surface area contributed by atoms with Crippen LogP contribution in [0.4, 0.5) is 5.69 Å². The van der Waals surface area contributed by atoms with E-state index in [0.717, 1.165) is 10.0 Å². The van der Waals surface area contributed by atoms with Gasteiger partial charge in [-0.2, -0.15) is 0 Å². The molecule has 3 rings (SSSR count). The smallest absolute Gasteiger partial charge is 0.338 e. The third-order valence-electron chi connectivity index (χ3n) is 3.66. The molecule has 1 amide bonds. The van der Waals surface area contributed by atoms with Crippen LogP contribution in [0.5, 0.6) is 0 Å². The Bertz CT molecular complexity index is 891. The number of aromatic nitrogens is 2. The molecule has 7 heteroatoms. The van der Waals surface area contributed by atoms with Gasteiger partial charge in [0, 0.05) is 28.1 Å². The third-order valence-corrected chi connectivity index (χ3v) is 4.19. The zero-order valence-electron chi connectivity index (χ0n) is 13.9. The van der Waals surface area contributed by atoms with Crippen LogP contribution in [-0.4, -0.2) is 27.9 Å². The van der Waals surface area contributed by atoms with E-state index in [4.69, 9.17) is 4.74 Å². The molecule has 3 aromatic rings. The van der Waals surface area contributed by atoms with Gasteiger partial charge in [-0.15, -0.1) is 0 Å². The van der Waals surface area contributed by atoms with Gasteiger partial charge in [-0.05, 0) is 43.3 Å². The Balaban J connectivity index is 1.59. The van der Waals surface area contributed by atoms with Crippen molar-refractivity contribution < 1.29 is 14.3 Å². The number of carbonyl (C=O) groups is 2. The largest absolute Gasteiger partial charge is 0.449 e. The zero-order valence-corrected chi connectivity index (χ0v) is 15.5. The molecule has 1 aromatic heterocycles. The molecule has 2 aromatic carbocycles. The van der Waals surface area contributed by atoms with Crippen LogP contribution in [0.2, 0.25) is 0 Å². The van der Waals surface area contributed by atoms with Gasteiger partial charge in [0.05, 0.1) is 5.56 Å². The van der Waals surface area contributed by atoms with Crippen molar-refractivity contribution in [3.8, 4) is 11.4 Å². The molecule has 0 bridgehead atoms. The molecule has 26 heavy (non-hydrogen) atoms.